The Labute approximate surface area is 198 Å². The Morgan fingerprint density at radius 2 is 1.65 bits per heavy atom. The monoisotopic (exact) mass is 495 g/mol. The van der Waals surface area contributed by atoms with E-state index in [0.717, 1.165) is 48.9 Å². The van der Waals surface area contributed by atoms with Crippen molar-refractivity contribution < 1.29 is 9.53 Å². The molecule has 0 radical (unpaired) electrons. The molecule has 0 saturated heterocycles. The highest BCUT2D eigenvalue weighted by Gasteiger charge is 2.27. The number of urea groups is 1. The molecule has 1 N–H and O–H groups in total. The molecule has 1 fully saturated rings. The summed E-state index contributed by atoms with van der Waals surface area (Å²) in [7, 11) is 4.14. The summed E-state index contributed by atoms with van der Waals surface area (Å²) in [6, 6.07) is 7.94. The number of benzene rings is 1. The van der Waals surface area contributed by atoms with Crippen LogP contribution in [0.25, 0.3) is 0 Å². The summed E-state index contributed by atoms with van der Waals surface area (Å²) in [4.78, 5) is 16.9. The van der Waals surface area contributed by atoms with Gasteiger partial charge in [0.2, 0.25) is 0 Å². The number of unbranched alkanes of at least 4 members (excludes halogenated alkanes) is 4. The van der Waals surface area contributed by atoms with Gasteiger partial charge in [0.25, 0.3) is 0 Å². The fourth-order valence-corrected chi connectivity index (χ4v) is 4.43. The Kier molecular flexibility index (Phi) is 12.5. The van der Waals surface area contributed by atoms with Crippen LogP contribution in [0.3, 0.4) is 0 Å². The molecule has 0 spiro atoms. The van der Waals surface area contributed by atoms with E-state index < -0.39 is 0 Å². The first-order valence-electron chi connectivity index (χ1n) is 12.1. The lowest BCUT2D eigenvalue weighted by molar-refractivity contribution is 0.0129. The van der Waals surface area contributed by atoms with Crippen molar-refractivity contribution in [3.63, 3.8) is 0 Å². The molecular formula is C25H42BrN3O2. The van der Waals surface area contributed by atoms with Crippen LogP contribution in [0.5, 0.6) is 0 Å². The van der Waals surface area contributed by atoms with Gasteiger partial charge in [0, 0.05) is 29.9 Å². The quantitative estimate of drug-likeness (QED) is 0.316. The second-order valence-corrected chi connectivity index (χ2v) is 9.84. The average Bonchev–Trinajstić information content (AvgIpc) is 2.77. The first kappa shape index (κ1) is 26.1. The largest absolute Gasteiger partial charge is 0.378 e. The van der Waals surface area contributed by atoms with Crippen molar-refractivity contribution in [2.75, 3.05) is 39.1 Å². The number of carbonyl (C=O) groups is 1. The van der Waals surface area contributed by atoms with Gasteiger partial charge in [-0.3, -0.25) is 0 Å². The summed E-state index contributed by atoms with van der Waals surface area (Å²) >= 11 is 3.42. The van der Waals surface area contributed by atoms with Crippen LogP contribution in [-0.2, 0) is 4.74 Å². The van der Waals surface area contributed by atoms with Crippen molar-refractivity contribution >= 4 is 27.6 Å². The number of amides is 2. The summed E-state index contributed by atoms with van der Waals surface area (Å²) < 4.78 is 7.13. The Balaban J connectivity index is 1.53. The Morgan fingerprint density at radius 3 is 2.29 bits per heavy atom. The smallest absolute Gasteiger partial charge is 0.321 e. The normalized spacial score (nSPS) is 18.9. The Hall–Kier alpha value is -1.11. The van der Waals surface area contributed by atoms with Gasteiger partial charge in [-0.1, -0.05) is 35.7 Å². The maximum atomic E-state index is 12.5. The molecule has 6 heteroatoms. The molecule has 1 aromatic carbocycles. The van der Waals surface area contributed by atoms with Crippen LogP contribution >= 0.6 is 15.9 Å². The molecule has 5 nitrogen and oxygen atoms in total. The molecule has 0 heterocycles. The lowest BCUT2D eigenvalue weighted by Crippen LogP contribution is -2.42. The summed E-state index contributed by atoms with van der Waals surface area (Å²) in [5, 5.41) is 2.98. The summed E-state index contributed by atoms with van der Waals surface area (Å²) in [6.07, 6.45) is 12.1. The van der Waals surface area contributed by atoms with E-state index in [0.29, 0.717) is 12.1 Å². The molecule has 1 aliphatic rings. The minimum Gasteiger partial charge on any atom is -0.378 e. The maximum absolute atomic E-state index is 12.5. The minimum absolute atomic E-state index is 0.0358. The summed E-state index contributed by atoms with van der Waals surface area (Å²) in [5.74, 6) is 0. The SMILES string of the molecule is CCCCCN(C)CCCCCOC1CCC(N(C)C(=O)Nc2ccc(Br)cc2)CC1. The number of nitrogens with zero attached hydrogens (tertiary/aromatic N) is 2. The topological polar surface area (TPSA) is 44.8 Å². The third-order valence-corrected chi connectivity index (χ3v) is 6.82. The molecule has 1 saturated carbocycles. The highest BCUT2D eigenvalue weighted by atomic mass is 79.9. The second-order valence-electron chi connectivity index (χ2n) is 8.92. The summed E-state index contributed by atoms with van der Waals surface area (Å²) in [5.41, 5.74) is 0.823. The zero-order valence-corrected chi connectivity index (χ0v) is 21.3. The van der Waals surface area contributed by atoms with Crippen LogP contribution in [0.4, 0.5) is 10.5 Å². The second kappa shape index (κ2) is 14.9. The van der Waals surface area contributed by atoms with Crippen molar-refractivity contribution in [3.8, 4) is 0 Å². The van der Waals surface area contributed by atoms with E-state index in [4.69, 9.17) is 4.74 Å². The predicted molar refractivity (Wildman–Crippen MR) is 134 cm³/mol. The number of anilines is 1. The van der Waals surface area contributed by atoms with Crippen LogP contribution in [0.2, 0.25) is 0 Å². The first-order valence-corrected chi connectivity index (χ1v) is 12.9. The summed E-state index contributed by atoms with van der Waals surface area (Å²) in [6.45, 7) is 5.55. The van der Waals surface area contributed by atoms with Crippen molar-refractivity contribution in [2.24, 2.45) is 0 Å². The van der Waals surface area contributed by atoms with Gasteiger partial charge in [0.1, 0.15) is 0 Å². The van der Waals surface area contributed by atoms with Gasteiger partial charge >= 0.3 is 6.03 Å². The van der Waals surface area contributed by atoms with E-state index >= 15 is 0 Å². The van der Waals surface area contributed by atoms with Crippen LogP contribution < -0.4 is 5.32 Å². The molecule has 2 amide bonds. The molecule has 176 valence electrons. The van der Waals surface area contributed by atoms with Gasteiger partial charge in [0.05, 0.1) is 6.10 Å². The molecular weight excluding hydrogens is 454 g/mol. The van der Waals surface area contributed by atoms with Crippen LogP contribution in [-0.4, -0.2) is 61.8 Å². The Morgan fingerprint density at radius 1 is 1.00 bits per heavy atom. The van der Waals surface area contributed by atoms with E-state index in [2.05, 4.69) is 40.1 Å². The molecule has 0 aromatic heterocycles. The van der Waals surface area contributed by atoms with Gasteiger partial charge in [-0.15, -0.1) is 0 Å². The first-order chi connectivity index (χ1) is 15.0. The van der Waals surface area contributed by atoms with Gasteiger partial charge in [-0.05, 0) is 95.8 Å². The lowest BCUT2D eigenvalue weighted by Gasteiger charge is -2.34. The highest BCUT2D eigenvalue weighted by Crippen LogP contribution is 2.25. The minimum atomic E-state index is -0.0358. The third-order valence-electron chi connectivity index (χ3n) is 6.29. The van der Waals surface area contributed by atoms with E-state index in [-0.39, 0.29) is 6.03 Å². The number of hydrogen-bond acceptors (Lipinski definition) is 3. The molecule has 0 aliphatic heterocycles. The molecule has 0 unspecified atom stereocenters. The molecule has 31 heavy (non-hydrogen) atoms. The number of hydrogen-bond donors (Lipinski definition) is 1. The van der Waals surface area contributed by atoms with Crippen molar-refractivity contribution in [1.29, 1.82) is 0 Å². The Bertz CT molecular complexity index is 618. The molecule has 0 atom stereocenters. The standard InChI is InChI=1S/C25H42BrN3O2/c1-4-5-7-18-28(2)19-8-6-9-20-31-24-16-14-23(15-17-24)29(3)25(30)27-22-12-10-21(26)11-13-22/h10-13,23-24H,4-9,14-20H2,1-3H3,(H,27,30). The third kappa shape index (κ3) is 10.4. The molecule has 0 bridgehead atoms. The van der Waals surface area contributed by atoms with E-state index in [1.165, 1.54) is 45.2 Å². The highest BCUT2D eigenvalue weighted by molar-refractivity contribution is 9.10. The van der Waals surface area contributed by atoms with Gasteiger partial charge < -0.3 is 19.9 Å². The molecule has 2 rings (SSSR count). The van der Waals surface area contributed by atoms with Crippen LogP contribution in [0, 0.1) is 0 Å². The fourth-order valence-electron chi connectivity index (χ4n) is 4.16. The zero-order valence-electron chi connectivity index (χ0n) is 19.7. The van der Waals surface area contributed by atoms with Crippen LogP contribution in [0.15, 0.2) is 28.7 Å². The predicted octanol–water partition coefficient (Wildman–Crippen LogP) is 6.53. The fraction of sp³-hybridized carbons (Fsp3) is 0.720. The number of ether oxygens (including phenoxy) is 1. The zero-order chi connectivity index (χ0) is 22.5. The van der Waals surface area contributed by atoms with E-state index in [1.54, 1.807) is 0 Å². The number of rotatable bonds is 13. The van der Waals surface area contributed by atoms with Gasteiger partial charge in [0.15, 0.2) is 0 Å². The van der Waals surface area contributed by atoms with E-state index in [1.807, 2.05) is 36.2 Å². The molecule has 1 aliphatic carbocycles. The van der Waals surface area contributed by atoms with Crippen molar-refractivity contribution in [2.45, 2.75) is 83.3 Å². The maximum Gasteiger partial charge on any atom is 0.321 e. The lowest BCUT2D eigenvalue weighted by atomic mass is 9.92. The van der Waals surface area contributed by atoms with E-state index in [9.17, 15) is 4.79 Å². The molecule has 1 aromatic rings. The van der Waals surface area contributed by atoms with Crippen molar-refractivity contribution in [3.05, 3.63) is 28.7 Å². The number of nitrogens with one attached hydrogen (secondary N) is 1. The van der Waals surface area contributed by atoms with Crippen molar-refractivity contribution in [1.82, 2.24) is 9.80 Å². The van der Waals surface area contributed by atoms with Gasteiger partial charge in [-0.25, -0.2) is 4.79 Å². The van der Waals surface area contributed by atoms with Crippen LogP contribution in [0.1, 0.15) is 71.1 Å². The average molecular weight is 497 g/mol. The number of halogens is 1. The van der Waals surface area contributed by atoms with Gasteiger partial charge in [-0.2, -0.15) is 0 Å². The number of carbonyl (C=O) groups excluding carboxylic acids is 1.